The first-order valence-corrected chi connectivity index (χ1v) is 6.77. The molecule has 0 aliphatic carbocycles. The van der Waals surface area contributed by atoms with Gasteiger partial charge in [0, 0.05) is 12.0 Å². The van der Waals surface area contributed by atoms with E-state index in [4.69, 9.17) is 17.4 Å². The minimum absolute atomic E-state index is 0.189. The second-order valence-electron chi connectivity index (χ2n) is 4.33. The average Bonchev–Trinajstić information content (AvgIpc) is 2.54. The number of oxime groups is 1. The maximum absolute atomic E-state index is 12.0. The smallest absolute Gasteiger partial charge is 0.256 e. The maximum atomic E-state index is 12.0. The summed E-state index contributed by atoms with van der Waals surface area (Å²) in [4.78, 5) is 12.3. The molecule has 0 aliphatic rings. The van der Waals surface area contributed by atoms with E-state index in [9.17, 15) is 4.79 Å². The number of benzene rings is 2. The molecule has 0 atom stereocenters. The Hall–Kier alpha value is -2.53. The molecule has 106 valence electrons. The standard InChI is InChI=1S/C16H14N2O2S/c19-16(13-9-5-2-6-10-13)17-15(21)11-14(18-20)12-7-3-1-4-8-12/h1-10,20H,11H2,(H,17,19,21)/b18-14-. The molecule has 5 heteroatoms. The molecule has 2 N–H and O–H groups in total. The first-order valence-electron chi connectivity index (χ1n) is 6.36. The van der Waals surface area contributed by atoms with Crippen molar-refractivity contribution in [3.8, 4) is 0 Å². The summed E-state index contributed by atoms with van der Waals surface area (Å²) in [5, 5.41) is 15.0. The van der Waals surface area contributed by atoms with Crippen molar-refractivity contribution in [1.29, 1.82) is 0 Å². The number of hydrogen-bond acceptors (Lipinski definition) is 4. The number of carbonyl (C=O) groups excluding carboxylic acids is 1. The molecule has 0 aromatic heterocycles. The SMILES string of the molecule is O=C(NC(=S)C/C(=N/O)c1ccccc1)c1ccccc1. The lowest BCUT2D eigenvalue weighted by Gasteiger charge is -2.08. The molecular formula is C16H14N2O2S. The van der Waals surface area contributed by atoms with Gasteiger partial charge in [0.1, 0.15) is 0 Å². The third-order valence-electron chi connectivity index (χ3n) is 2.84. The Morgan fingerprint density at radius 2 is 1.52 bits per heavy atom. The van der Waals surface area contributed by atoms with Gasteiger partial charge in [0.2, 0.25) is 0 Å². The highest BCUT2D eigenvalue weighted by Crippen LogP contribution is 2.06. The fourth-order valence-electron chi connectivity index (χ4n) is 1.81. The van der Waals surface area contributed by atoms with Crippen LogP contribution in [0.25, 0.3) is 0 Å². The maximum Gasteiger partial charge on any atom is 0.256 e. The van der Waals surface area contributed by atoms with Crippen LogP contribution in [0.4, 0.5) is 0 Å². The summed E-state index contributed by atoms with van der Waals surface area (Å²) >= 11 is 5.15. The van der Waals surface area contributed by atoms with E-state index in [1.165, 1.54) is 0 Å². The molecule has 2 aromatic carbocycles. The first kappa shape index (κ1) is 14.9. The Balaban J connectivity index is 2.00. The van der Waals surface area contributed by atoms with Crippen molar-refractivity contribution < 1.29 is 10.0 Å². The number of amides is 1. The second kappa shape index (κ2) is 7.31. The van der Waals surface area contributed by atoms with Crippen molar-refractivity contribution >= 4 is 28.8 Å². The zero-order valence-corrected chi connectivity index (χ0v) is 12.0. The number of thiocarbonyl (C=S) groups is 1. The molecule has 0 spiro atoms. The van der Waals surface area contributed by atoms with Crippen molar-refractivity contribution in [3.05, 3.63) is 71.8 Å². The molecule has 2 aromatic rings. The van der Waals surface area contributed by atoms with Gasteiger partial charge in [-0.15, -0.1) is 0 Å². The molecule has 0 bridgehead atoms. The zero-order valence-electron chi connectivity index (χ0n) is 11.2. The van der Waals surface area contributed by atoms with Crippen molar-refractivity contribution in [1.82, 2.24) is 5.32 Å². The normalized spacial score (nSPS) is 11.0. The lowest BCUT2D eigenvalue weighted by atomic mass is 10.1. The van der Waals surface area contributed by atoms with Crippen LogP contribution in [0.5, 0.6) is 0 Å². The predicted molar refractivity (Wildman–Crippen MR) is 85.9 cm³/mol. The van der Waals surface area contributed by atoms with Gasteiger partial charge in [0.25, 0.3) is 5.91 Å². The van der Waals surface area contributed by atoms with E-state index < -0.39 is 0 Å². The van der Waals surface area contributed by atoms with E-state index >= 15 is 0 Å². The van der Waals surface area contributed by atoms with Crippen LogP contribution in [-0.2, 0) is 0 Å². The second-order valence-corrected chi connectivity index (χ2v) is 4.83. The van der Waals surface area contributed by atoms with Crippen LogP contribution >= 0.6 is 12.2 Å². The molecule has 0 heterocycles. The van der Waals surface area contributed by atoms with Crippen LogP contribution in [0.2, 0.25) is 0 Å². The van der Waals surface area contributed by atoms with E-state index in [1.54, 1.807) is 24.3 Å². The molecule has 0 saturated carbocycles. The number of carbonyl (C=O) groups is 1. The third-order valence-corrected chi connectivity index (χ3v) is 3.09. The third kappa shape index (κ3) is 4.22. The van der Waals surface area contributed by atoms with Gasteiger partial charge in [-0.05, 0) is 17.7 Å². The molecule has 0 radical (unpaired) electrons. The quantitative estimate of drug-likeness (QED) is 0.395. The summed E-state index contributed by atoms with van der Waals surface area (Å²) < 4.78 is 0. The van der Waals surface area contributed by atoms with E-state index in [0.29, 0.717) is 16.3 Å². The van der Waals surface area contributed by atoms with E-state index in [2.05, 4.69) is 10.5 Å². The van der Waals surface area contributed by atoms with Crippen molar-refractivity contribution in [2.24, 2.45) is 5.16 Å². The number of hydrogen-bond donors (Lipinski definition) is 2. The van der Waals surface area contributed by atoms with Crippen LogP contribution in [0.3, 0.4) is 0 Å². The fraction of sp³-hybridized carbons (Fsp3) is 0.0625. The van der Waals surface area contributed by atoms with Gasteiger partial charge >= 0.3 is 0 Å². The molecule has 4 nitrogen and oxygen atoms in total. The number of nitrogens with zero attached hydrogens (tertiary/aromatic N) is 1. The first-order chi connectivity index (χ1) is 10.2. The Labute approximate surface area is 128 Å². The lowest BCUT2D eigenvalue weighted by Crippen LogP contribution is -2.30. The summed E-state index contributed by atoms with van der Waals surface area (Å²) in [6.07, 6.45) is 0.189. The molecule has 2 rings (SSSR count). The van der Waals surface area contributed by atoms with Gasteiger partial charge in [-0.25, -0.2) is 0 Å². The van der Waals surface area contributed by atoms with Gasteiger partial charge in [0.15, 0.2) is 0 Å². The Bertz CT molecular complexity index is 654. The van der Waals surface area contributed by atoms with E-state index in [1.807, 2.05) is 36.4 Å². The van der Waals surface area contributed by atoms with Gasteiger partial charge in [0.05, 0.1) is 10.7 Å². The summed E-state index contributed by atoms with van der Waals surface area (Å²) in [5.74, 6) is -0.272. The highest BCUT2D eigenvalue weighted by atomic mass is 32.1. The fourth-order valence-corrected chi connectivity index (χ4v) is 2.04. The summed E-state index contributed by atoms with van der Waals surface area (Å²) in [5.41, 5.74) is 1.70. The van der Waals surface area contributed by atoms with Crippen LogP contribution in [-0.4, -0.2) is 21.8 Å². The molecular weight excluding hydrogens is 284 g/mol. The Kier molecular flexibility index (Phi) is 5.17. The van der Waals surface area contributed by atoms with Crippen LogP contribution < -0.4 is 5.32 Å². The predicted octanol–water partition coefficient (Wildman–Crippen LogP) is 3.01. The Morgan fingerprint density at radius 3 is 2.05 bits per heavy atom. The molecule has 0 saturated heterocycles. The molecule has 0 aliphatic heterocycles. The monoisotopic (exact) mass is 298 g/mol. The van der Waals surface area contributed by atoms with E-state index in [0.717, 1.165) is 5.56 Å². The topological polar surface area (TPSA) is 61.7 Å². The minimum Gasteiger partial charge on any atom is -0.411 e. The summed E-state index contributed by atoms with van der Waals surface area (Å²) in [6.45, 7) is 0. The number of rotatable bonds is 4. The molecule has 21 heavy (non-hydrogen) atoms. The van der Waals surface area contributed by atoms with Gasteiger partial charge in [-0.2, -0.15) is 0 Å². The van der Waals surface area contributed by atoms with Crippen LogP contribution in [0.15, 0.2) is 65.8 Å². The Morgan fingerprint density at radius 1 is 1.00 bits per heavy atom. The largest absolute Gasteiger partial charge is 0.411 e. The summed E-state index contributed by atoms with van der Waals surface area (Å²) in [7, 11) is 0. The lowest BCUT2D eigenvalue weighted by molar-refractivity contribution is 0.0977. The van der Waals surface area contributed by atoms with Crippen molar-refractivity contribution in [3.63, 3.8) is 0 Å². The van der Waals surface area contributed by atoms with Crippen molar-refractivity contribution in [2.75, 3.05) is 0 Å². The number of nitrogens with one attached hydrogen (secondary N) is 1. The molecule has 0 fully saturated rings. The van der Waals surface area contributed by atoms with Gasteiger partial charge in [-0.1, -0.05) is 65.9 Å². The van der Waals surface area contributed by atoms with Crippen LogP contribution in [0, 0.1) is 0 Å². The summed E-state index contributed by atoms with van der Waals surface area (Å²) in [6, 6.07) is 18.0. The van der Waals surface area contributed by atoms with E-state index in [-0.39, 0.29) is 12.3 Å². The van der Waals surface area contributed by atoms with Crippen LogP contribution in [0.1, 0.15) is 22.3 Å². The van der Waals surface area contributed by atoms with Gasteiger partial charge < -0.3 is 10.5 Å². The zero-order chi connectivity index (χ0) is 15.1. The molecule has 1 amide bonds. The highest BCUT2D eigenvalue weighted by molar-refractivity contribution is 7.80. The molecule has 0 unspecified atom stereocenters. The van der Waals surface area contributed by atoms with Crippen molar-refractivity contribution in [2.45, 2.75) is 6.42 Å². The average molecular weight is 298 g/mol. The van der Waals surface area contributed by atoms with Gasteiger partial charge in [-0.3, -0.25) is 4.79 Å². The highest BCUT2D eigenvalue weighted by Gasteiger charge is 2.11. The minimum atomic E-state index is -0.272.